The van der Waals surface area contributed by atoms with Crippen LogP contribution in [0.2, 0.25) is 13.1 Å². The summed E-state index contributed by atoms with van der Waals surface area (Å²) in [7, 11) is -3.16. The van der Waals surface area contributed by atoms with Crippen molar-refractivity contribution in [3.63, 3.8) is 0 Å². The van der Waals surface area contributed by atoms with Gasteiger partial charge in [0, 0.05) is 7.11 Å². The van der Waals surface area contributed by atoms with Crippen LogP contribution >= 0.6 is 0 Å². The van der Waals surface area contributed by atoms with Crippen molar-refractivity contribution in [2.45, 2.75) is 13.1 Å². The highest BCUT2D eigenvalue weighted by atomic mass is 28.4. The van der Waals surface area contributed by atoms with E-state index < -0.39 is 16.9 Å². The van der Waals surface area contributed by atoms with E-state index >= 15 is 0 Å². The maximum absolute atomic E-state index is 6.99. The zero-order valence-corrected chi connectivity index (χ0v) is 17.0. The fourth-order valence-electron chi connectivity index (χ4n) is 3.13. The fourth-order valence-corrected chi connectivity index (χ4v) is 10.8. The lowest BCUT2D eigenvalue weighted by molar-refractivity contribution is 0.328. The summed E-state index contributed by atoms with van der Waals surface area (Å²) >= 11 is 0. The van der Waals surface area contributed by atoms with Gasteiger partial charge in [-0.25, -0.2) is 0 Å². The second kappa shape index (κ2) is 7.49. The molecule has 4 heteroatoms. The van der Waals surface area contributed by atoms with Crippen LogP contribution in [0.25, 0.3) is 0 Å². The lowest BCUT2D eigenvalue weighted by atomic mass is 10.4. The summed E-state index contributed by atoms with van der Waals surface area (Å²) in [6.45, 7) is 4.49. The summed E-state index contributed by atoms with van der Waals surface area (Å²) in [5, 5.41) is 3.55. The highest BCUT2D eigenvalue weighted by Crippen LogP contribution is 2.17. The Morgan fingerprint density at radius 1 is 0.560 bits per heavy atom. The van der Waals surface area contributed by atoms with Crippen LogP contribution in [0.3, 0.4) is 0 Å². The van der Waals surface area contributed by atoms with Crippen molar-refractivity contribution < 1.29 is 8.54 Å². The van der Waals surface area contributed by atoms with Gasteiger partial charge in [0.2, 0.25) is 8.32 Å². The van der Waals surface area contributed by atoms with Gasteiger partial charge in [-0.15, -0.1) is 0 Å². The molecule has 0 bridgehead atoms. The predicted octanol–water partition coefficient (Wildman–Crippen LogP) is 3.02. The van der Waals surface area contributed by atoms with Crippen molar-refractivity contribution in [2.75, 3.05) is 7.11 Å². The van der Waals surface area contributed by atoms with Crippen LogP contribution < -0.4 is 15.6 Å². The maximum atomic E-state index is 6.99. The minimum atomic E-state index is -2.78. The molecular formula is C21H24O2Si2. The monoisotopic (exact) mass is 364 g/mol. The van der Waals surface area contributed by atoms with Gasteiger partial charge in [0.1, 0.15) is 0 Å². The Bertz CT molecular complexity index is 750. The van der Waals surface area contributed by atoms with Gasteiger partial charge in [-0.1, -0.05) is 91.0 Å². The fraction of sp³-hybridized carbons (Fsp3) is 0.143. The van der Waals surface area contributed by atoms with Crippen LogP contribution in [0.4, 0.5) is 0 Å². The zero-order valence-electron chi connectivity index (χ0n) is 15.0. The summed E-state index contributed by atoms with van der Waals surface area (Å²) < 4.78 is 13.2. The molecule has 0 atom stereocenters. The van der Waals surface area contributed by atoms with Crippen LogP contribution in [0.5, 0.6) is 0 Å². The first-order valence-electron chi connectivity index (χ1n) is 8.50. The van der Waals surface area contributed by atoms with Crippen molar-refractivity contribution in [1.82, 2.24) is 0 Å². The number of hydrogen-bond acceptors (Lipinski definition) is 2. The molecule has 0 N–H and O–H groups in total. The molecule has 3 rings (SSSR count). The minimum Gasteiger partial charge on any atom is -0.425 e. The first kappa shape index (κ1) is 17.8. The van der Waals surface area contributed by atoms with Crippen molar-refractivity contribution in [3.05, 3.63) is 91.0 Å². The molecule has 0 amide bonds. The van der Waals surface area contributed by atoms with Crippen LogP contribution in [-0.4, -0.2) is 24.0 Å². The van der Waals surface area contributed by atoms with E-state index in [2.05, 4.69) is 85.9 Å². The molecule has 2 nitrogen and oxygen atoms in total. The molecule has 0 unspecified atom stereocenters. The molecule has 3 aromatic rings. The zero-order chi connectivity index (χ0) is 17.8. The SMILES string of the molecule is CO[Si](O[Si](C)(C)c1ccccc1)(c1ccccc1)c1ccccc1. The first-order chi connectivity index (χ1) is 12.1. The Labute approximate surface area is 152 Å². The number of rotatable bonds is 6. The number of hydrogen-bond donors (Lipinski definition) is 0. The average molecular weight is 365 g/mol. The molecule has 0 saturated heterocycles. The van der Waals surface area contributed by atoms with Gasteiger partial charge >= 0.3 is 8.56 Å². The third-order valence-electron chi connectivity index (χ3n) is 4.46. The largest absolute Gasteiger partial charge is 0.425 e. The summed E-state index contributed by atoms with van der Waals surface area (Å²) in [5.41, 5.74) is 0. The standard InChI is InChI=1S/C21H24O2Si2/c1-22-25(20-15-9-5-10-16-20,21-17-11-6-12-18-21)23-24(2,3)19-13-7-4-8-14-19/h4-18H,1-3H3. The van der Waals surface area contributed by atoms with Crippen LogP contribution in [0.1, 0.15) is 0 Å². The van der Waals surface area contributed by atoms with E-state index in [0.29, 0.717) is 0 Å². The molecule has 0 spiro atoms. The summed E-state index contributed by atoms with van der Waals surface area (Å²) in [6, 6.07) is 31.3. The average Bonchev–Trinajstić information content (AvgIpc) is 2.68. The number of benzene rings is 3. The highest BCUT2D eigenvalue weighted by molar-refractivity contribution is 7.01. The molecule has 0 aliphatic rings. The van der Waals surface area contributed by atoms with Crippen LogP contribution in [0.15, 0.2) is 91.0 Å². The van der Waals surface area contributed by atoms with Gasteiger partial charge in [-0.3, -0.25) is 0 Å². The second-order valence-electron chi connectivity index (χ2n) is 6.53. The van der Waals surface area contributed by atoms with E-state index in [1.807, 2.05) is 18.2 Å². The Morgan fingerprint density at radius 3 is 1.28 bits per heavy atom. The highest BCUT2D eigenvalue weighted by Gasteiger charge is 2.46. The first-order valence-corrected chi connectivity index (χ1v) is 13.2. The van der Waals surface area contributed by atoms with Crippen molar-refractivity contribution >= 4 is 32.4 Å². The molecular weight excluding hydrogens is 340 g/mol. The Kier molecular flexibility index (Phi) is 5.34. The van der Waals surface area contributed by atoms with E-state index in [1.54, 1.807) is 7.11 Å². The molecule has 0 saturated carbocycles. The maximum Gasteiger partial charge on any atom is 0.396 e. The Morgan fingerprint density at radius 2 is 0.920 bits per heavy atom. The van der Waals surface area contributed by atoms with E-state index in [4.69, 9.17) is 8.54 Å². The summed E-state index contributed by atoms with van der Waals surface area (Å²) in [6.07, 6.45) is 0. The molecule has 0 aromatic heterocycles. The Balaban J connectivity index is 2.12. The molecule has 0 fully saturated rings. The van der Waals surface area contributed by atoms with Gasteiger partial charge in [0.25, 0.3) is 0 Å². The third kappa shape index (κ3) is 3.67. The van der Waals surface area contributed by atoms with Gasteiger partial charge < -0.3 is 8.54 Å². The summed E-state index contributed by atoms with van der Waals surface area (Å²) in [4.78, 5) is 0. The van der Waals surface area contributed by atoms with Gasteiger partial charge in [-0.05, 0) is 28.7 Å². The lowest BCUT2D eigenvalue weighted by Gasteiger charge is -2.37. The van der Waals surface area contributed by atoms with Crippen molar-refractivity contribution in [3.8, 4) is 0 Å². The summed E-state index contributed by atoms with van der Waals surface area (Å²) in [5.74, 6) is 0. The minimum absolute atomic E-state index is 1.14. The molecule has 128 valence electrons. The smallest absolute Gasteiger partial charge is 0.396 e. The topological polar surface area (TPSA) is 18.5 Å². The van der Waals surface area contributed by atoms with Crippen LogP contribution in [0, 0.1) is 0 Å². The van der Waals surface area contributed by atoms with Crippen molar-refractivity contribution in [2.24, 2.45) is 0 Å². The second-order valence-corrected chi connectivity index (χ2v) is 13.7. The quantitative estimate of drug-likeness (QED) is 0.626. The third-order valence-corrected chi connectivity index (χ3v) is 12.1. The van der Waals surface area contributed by atoms with Crippen molar-refractivity contribution in [1.29, 1.82) is 0 Å². The molecule has 0 aliphatic carbocycles. The molecule has 0 heterocycles. The molecule has 3 aromatic carbocycles. The van der Waals surface area contributed by atoms with E-state index in [0.717, 1.165) is 10.4 Å². The predicted molar refractivity (Wildman–Crippen MR) is 110 cm³/mol. The molecule has 25 heavy (non-hydrogen) atoms. The van der Waals surface area contributed by atoms with Gasteiger partial charge in [0.05, 0.1) is 0 Å². The van der Waals surface area contributed by atoms with E-state index in [9.17, 15) is 0 Å². The van der Waals surface area contributed by atoms with Gasteiger partial charge in [-0.2, -0.15) is 0 Å². The lowest BCUT2D eigenvalue weighted by Crippen LogP contribution is -2.68. The van der Waals surface area contributed by atoms with Crippen LogP contribution in [-0.2, 0) is 8.54 Å². The Hall–Kier alpha value is -1.99. The van der Waals surface area contributed by atoms with E-state index in [-0.39, 0.29) is 0 Å². The normalized spacial score (nSPS) is 12.1. The van der Waals surface area contributed by atoms with E-state index in [1.165, 1.54) is 5.19 Å². The molecule has 0 radical (unpaired) electrons. The molecule has 0 aliphatic heterocycles. The van der Waals surface area contributed by atoms with Gasteiger partial charge in [0.15, 0.2) is 0 Å².